The van der Waals surface area contributed by atoms with Crippen LogP contribution in [0.2, 0.25) is 0 Å². The molecule has 1 aliphatic carbocycles. The first-order valence-electron chi connectivity index (χ1n) is 7.55. The van der Waals surface area contributed by atoms with Crippen LogP contribution < -0.4 is 5.32 Å². The van der Waals surface area contributed by atoms with Crippen LogP contribution in [0, 0.1) is 5.92 Å². The summed E-state index contributed by atoms with van der Waals surface area (Å²) in [5.41, 5.74) is 3.06. The van der Waals surface area contributed by atoms with Crippen molar-refractivity contribution in [3.63, 3.8) is 0 Å². The fourth-order valence-electron chi connectivity index (χ4n) is 3.22. The van der Waals surface area contributed by atoms with Crippen molar-refractivity contribution in [1.29, 1.82) is 0 Å². The highest BCUT2D eigenvalue weighted by atomic mass is 15.1. The molecule has 0 amide bonds. The molecule has 2 atom stereocenters. The molecule has 1 aliphatic rings. The van der Waals surface area contributed by atoms with E-state index >= 15 is 0 Å². The zero-order valence-corrected chi connectivity index (χ0v) is 12.8. The average Bonchev–Trinajstić information content (AvgIpc) is 2.71. The highest BCUT2D eigenvalue weighted by Crippen LogP contribution is 2.31. The fourth-order valence-corrected chi connectivity index (χ4v) is 3.22. The van der Waals surface area contributed by atoms with Crippen molar-refractivity contribution in [2.24, 2.45) is 5.92 Å². The maximum absolute atomic E-state index is 3.89. The number of fused-ring (bicyclic) bond motifs is 1. The number of nitrogens with zero attached hydrogens (tertiary/aromatic N) is 1. The molecule has 0 saturated heterocycles. The third-order valence-corrected chi connectivity index (χ3v) is 3.91. The van der Waals surface area contributed by atoms with Crippen molar-refractivity contribution in [3.05, 3.63) is 35.4 Å². The zero-order chi connectivity index (χ0) is 13.8. The van der Waals surface area contributed by atoms with Gasteiger partial charge in [-0.05, 0) is 50.4 Å². The monoisotopic (exact) mass is 260 g/mol. The molecule has 1 aromatic rings. The molecule has 19 heavy (non-hydrogen) atoms. The van der Waals surface area contributed by atoms with Gasteiger partial charge in [0.15, 0.2) is 0 Å². The van der Waals surface area contributed by atoms with E-state index in [0.29, 0.717) is 12.1 Å². The Balaban J connectivity index is 2.01. The van der Waals surface area contributed by atoms with Gasteiger partial charge in [0, 0.05) is 18.6 Å². The van der Waals surface area contributed by atoms with Crippen LogP contribution in [0.25, 0.3) is 0 Å². The van der Waals surface area contributed by atoms with Gasteiger partial charge in [-0.2, -0.15) is 0 Å². The Hall–Kier alpha value is -0.860. The van der Waals surface area contributed by atoms with E-state index in [-0.39, 0.29) is 0 Å². The minimum Gasteiger partial charge on any atom is -0.308 e. The Morgan fingerprint density at radius 2 is 2.00 bits per heavy atom. The molecule has 0 spiro atoms. The minimum atomic E-state index is 0.555. The molecule has 0 saturated carbocycles. The van der Waals surface area contributed by atoms with Gasteiger partial charge >= 0.3 is 0 Å². The lowest BCUT2D eigenvalue weighted by Gasteiger charge is -2.27. The Bertz CT molecular complexity index is 388. The molecule has 2 rings (SSSR count). The summed E-state index contributed by atoms with van der Waals surface area (Å²) in [5, 5.41) is 3.89. The highest BCUT2D eigenvalue weighted by Gasteiger charge is 2.24. The second kappa shape index (κ2) is 6.53. The SMILES string of the molecule is CC(C)CC(CN(C)C)NC1CCc2ccccc21. The van der Waals surface area contributed by atoms with Gasteiger partial charge in [-0.25, -0.2) is 0 Å². The summed E-state index contributed by atoms with van der Waals surface area (Å²) in [6, 6.07) is 10.0. The van der Waals surface area contributed by atoms with Gasteiger partial charge in [0.05, 0.1) is 0 Å². The summed E-state index contributed by atoms with van der Waals surface area (Å²) in [6.07, 6.45) is 3.72. The van der Waals surface area contributed by atoms with Gasteiger partial charge < -0.3 is 10.2 Å². The first-order valence-corrected chi connectivity index (χ1v) is 7.55. The molecule has 2 unspecified atom stereocenters. The highest BCUT2D eigenvalue weighted by molar-refractivity contribution is 5.34. The molecule has 106 valence electrons. The largest absolute Gasteiger partial charge is 0.308 e. The summed E-state index contributed by atoms with van der Waals surface area (Å²) >= 11 is 0. The van der Waals surface area contributed by atoms with E-state index in [4.69, 9.17) is 0 Å². The lowest BCUT2D eigenvalue weighted by atomic mass is 10.0. The molecule has 0 aliphatic heterocycles. The molecular weight excluding hydrogens is 232 g/mol. The Morgan fingerprint density at radius 3 is 2.68 bits per heavy atom. The first kappa shape index (κ1) is 14.5. The molecule has 0 radical (unpaired) electrons. The van der Waals surface area contributed by atoms with Crippen LogP contribution in [0.15, 0.2) is 24.3 Å². The molecule has 0 heterocycles. The van der Waals surface area contributed by atoms with E-state index in [1.54, 1.807) is 0 Å². The second-order valence-electron chi connectivity index (χ2n) is 6.55. The zero-order valence-electron chi connectivity index (χ0n) is 12.8. The summed E-state index contributed by atoms with van der Waals surface area (Å²) in [7, 11) is 4.33. The van der Waals surface area contributed by atoms with Crippen LogP contribution in [0.1, 0.15) is 43.9 Å². The summed E-state index contributed by atoms with van der Waals surface area (Å²) in [6.45, 7) is 5.75. The van der Waals surface area contributed by atoms with Gasteiger partial charge in [0.25, 0.3) is 0 Å². The molecule has 1 N–H and O–H groups in total. The van der Waals surface area contributed by atoms with Crippen LogP contribution in [0.3, 0.4) is 0 Å². The van der Waals surface area contributed by atoms with Crippen LogP contribution in [-0.4, -0.2) is 31.6 Å². The Kier molecular flexibility index (Phi) is 5.00. The molecule has 0 bridgehead atoms. The van der Waals surface area contributed by atoms with Gasteiger partial charge in [-0.15, -0.1) is 0 Å². The van der Waals surface area contributed by atoms with Crippen molar-refractivity contribution in [3.8, 4) is 0 Å². The summed E-state index contributed by atoms with van der Waals surface area (Å²) in [4.78, 5) is 2.29. The van der Waals surface area contributed by atoms with Gasteiger partial charge in [0.1, 0.15) is 0 Å². The maximum atomic E-state index is 3.89. The quantitative estimate of drug-likeness (QED) is 0.844. The van der Waals surface area contributed by atoms with Gasteiger partial charge in [-0.1, -0.05) is 38.1 Å². The Labute approximate surface area is 118 Å². The molecule has 0 fully saturated rings. The standard InChI is InChI=1S/C17H28N2/c1-13(2)11-15(12-19(3)4)18-17-10-9-14-7-5-6-8-16(14)17/h5-8,13,15,17-18H,9-12H2,1-4H3. The van der Waals surface area contributed by atoms with Crippen LogP contribution in [0.4, 0.5) is 0 Å². The smallest absolute Gasteiger partial charge is 0.0329 e. The van der Waals surface area contributed by atoms with Crippen LogP contribution in [-0.2, 0) is 6.42 Å². The van der Waals surface area contributed by atoms with Gasteiger partial charge in [0.2, 0.25) is 0 Å². The summed E-state index contributed by atoms with van der Waals surface area (Å²) < 4.78 is 0. The number of aryl methyl sites for hydroxylation is 1. The number of benzene rings is 1. The van der Waals surface area contributed by atoms with Crippen molar-refractivity contribution in [1.82, 2.24) is 10.2 Å². The molecular formula is C17H28N2. The topological polar surface area (TPSA) is 15.3 Å². The normalized spacial score (nSPS) is 20.0. The molecule has 1 aromatic carbocycles. The predicted octanol–water partition coefficient (Wildman–Crippen LogP) is 3.24. The van der Waals surface area contributed by atoms with Crippen molar-refractivity contribution >= 4 is 0 Å². The lowest BCUT2D eigenvalue weighted by molar-refractivity contribution is 0.286. The third-order valence-electron chi connectivity index (χ3n) is 3.91. The molecule has 2 heteroatoms. The lowest BCUT2D eigenvalue weighted by Crippen LogP contribution is -2.40. The van der Waals surface area contributed by atoms with Crippen molar-refractivity contribution in [2.75, 3.05) is 20.6 Å². The van der Waals surface area contributed by atoms with E-state index in [9.17, 15) is 0 Å². The van der Waals surface area contributed by atoms with E-state index in [1.807, 2.05) is 0 Å². The summed E-state index contributed by atoms with van der Waals surface area (Å²) in [5.74, 6) is 0.745. The third kappa shape index (κ3) is 4.05. The first-order chi connectivity index (χ1) is 9.06. The van der Waals surface area contributed by atoms with E-state index in [0.717, 1.165) is 12.5 Å². The number of hydrogen-bond acceptors (Lipinski definition) is 2. The number of hydrogen-bond donors (Lipinski definition) is 1. The molecule has 2 nitrogen and oxygen atoms in total. The van der Waals surface area contributed by atoms with Crippen molar-refractivity contribution in [2.45, 2.75) is 45.2 Å². The molecule has 0 aromatic heterocycles. The van der Waals surface area contributed by atoms with Crippen LogP contribution >= 0.6 is 0 Å². The van der Waals surface area contributed by atoms with E-state index in [2.05, 4.69) is 62.4 Å². The number of likely N-dealkylation sites (N-methyl/N-ethyl adjacent to an activating group) is 1. The Morgan fingerprint density at radius 1 is 1.26 bits per heavy atom. The average molecular weight is 260 g/mol. The van der Waals surface area contributed by atoms with Gasteiger partial charge in [-0.3, -0.25) is 0 Å². The number of nitrogens with one attached hydrogen (secondary N) is 1. The predicted molar refractivity (Wildman–Crippen MR) is 82.4 cm³/mol. The number of rotatable bonds is 6. The van der Waals surface area contributed by atoms with E-state index in [1.165, 1.54) is 30.4 Å². The van der Waals surface area contributed by atoms with Crippen molar-refractivity contribution < 1.29 is 0 Å². The minimum absolute atomic E-state index is 0.555. The maximum Gasteiger partial charge on any atom is 0.0329 e. The van der Waals surface area contributed by atoms with Crippen LogP contribution in [0.5, 0.6) is 0 Å². The second-order valence-corrected chi connectivity index (χ2v) is 6.55. The fraction of sp³-hybridized carbons (Fsp3) is 0.647. The van der Waals surface area contributed by atoms with E-state index < -0.39 is 0 Å².